The first kappa shape index (κ1) is 26.3. The zero-order valence-corrected chi connectivity index (χ0v) is 21.2. The maximum absolute atomic E-state index is 13.6. The Morgan fingerprint density at radius 2 is 1.54 bits per heavy atom. The van der Waals surface area contributed by atoms with E-state index >= 15 is 0 Å². The summed E-state index contributed by atoms with van der Waals surface area (Å²) in [7, 11) is 0. The summed E-state index contributed by atoms with van der Waals surface area (Å²) in [6.07, 6.45) is -4.88. The van der Waals surface area contributed by atoms with E-state index < -0.39 is 17.7 Å². The van der Waals surface area contributed by atoms with Gasteiger partial charge in [0.15, 0.2) is 17.2 Å². The van der Waals surface area contributed by atoms with Crippen LogP contribution in [0.3, 0.4) is 0 Å². The van der Waals surface area contributed by atoms with E-state index in [1.165, 1.54) is 25.1 Å². The molecule has 0 amide bonds. The number of hydrogen-bond donors (Lipinski definition) is 0. The number of benzene rings is 3. The van der Waals surface area contributed by atoms with Gasteiger partial charge >= 0.3 is 6.36 Å². The van der Waals surface area contributed by atoms with Gasteiger partial charge in [-0.3, -0.25) is 9.59 Å². The number of carbonyl (C=O) groups excluding carboxylic acids is 2. The highest BCUT2D eigenvalue weighted by molar-refractivity contribution is 6.30. The monoisotopic (exact) mass is 529 g/mol. The van der Waals surface area contributed by atoms with E-state index in [1.54, 1.807) is 73.9 Å². The lowest BCUT2D eigenvalue weighted by Gasteiger charge is -2.24. The van der Waals surface area contributed by atoms with Gasteiger partial charge in [-0.25, -0.2) is 0 Å². The molecular formula is C28H23ClF3NO4. The molecule has 0 saturated carbocycles. The van der Waals surface area contributed by atoms with Crippen molar-refractivity contribution in [2.24, 2.45) is 0 Å². The van der Waals surface area contributed by atoms with E-state index in [1.807, 2.05) is 0 Å². The van der Waals surface area contributed by atoms with E-state index in [4.69, 9.17) is 16.3 Å². The molecule has 0 aliphatic heterocycles. The van der Waals surface area contributed by atoms with Crippen LogP contribution < -0.4 is 9.47 Å². The number of ether oxygens (including phenoxy) is 2. The average Bonchev–Trinajstić information content (AvgIpc) is 3.08. The Bertz CT molecular complexity index is 1500. The molecule has 37 heavy (non-hydrogen) atoms. The minimum Gasteiger partial charge on any atom is -0.480 e. The van der Waals surface area contributed by atoms with Crippen molar-refractivity contribution in [3.63, 3.8) is 0 Å². The standard InChI is InChI=1S/C28H23ClF3NO4/c1-16-25(26(35)18-8-10-19(29)11-9-18)23-13-12-22(37-28(30,31)32)15-24(23)33(16)20-6-5-7-21(14-20)36-27(3,4)17(2)34/h5-15H,1-4H3. The third-order valence-corrected chi connectivity index (χ3v) is 6.29. The zero-order valence-electron chi connectivity index (χ0n) is 20.4. The van der Waals surface area contributed by atoms with Crippen LogP contribution in [0.15, 0.2) is 66.7 Å². The predicted octanol–water partition coefficient (Wildman–Crippen LogP) is 7.47. The molecule has 4 rings (SSSR count). The third kappa shape index (κ3) is 5.49. The Balaban J connectivity index is 1.92. The molecule has 0 radical (unpaired) electrons. The van der Waals surface area contributed by atoms with E-state index in [0.717, 1.165) is 0 Å². The van der Waals surface area contributed by atoms with Crippen LogP contribution in [0.4, 0.5) is 13.2 Å². The van der Waals surface area contributed by atoms with Gasteiger partial charge in [-0.1, -0.05) is 17.7 Å². The highest BCUT2D eigenvalue weighted by Crippen LogP contribution is 2.36. The highest BCUT2D eigenvalue weighted by atomic mass is 35.5. The number of rotatable bonds is 7. The van der Waals surface area contributed by atoms with Crippen LogP contribution in [0.5, 0.6) is 11.5 Å². The number of aromatic nitrogens is 1. The van der Waals surface area contributed by atoms with Crippen molar-refractivity contribution in [2.45, 2.75) is 39.7 Å². The molecule has 0 atom stereocenters. The quantitative estimate of drug-likeness (QED) is 0.233. The Morgan fingerprint density at radius 3 is 2.16 bits per heavy atom. The van der Waals surface area contributed by atoms with Crippen molar-refractivity contribution in [3.05, 3.63) is 88.6 Å². The Labute approximate surface area is 216 Å². The maximum Gasteiger partial charge on any atom is 0.573 e. The summed E-state index contributed by atoms with van der Waals surface area (Å²) in [5, 5.41) is 0.914. The van der Waals surface area contributed by atoms with Crippen LogP contribution in [0.25, 0.3) is 16.6 Å². The van der Waals surface area contributed by atoms with Crippen LogP contribution >= 0.6 is 11.6 Å². The molecule has 0 saturated heterocycles. The van der Waals surface area contributed by atoms with Crippen molar-refractivity contribution < 1.29 is 32.2 Å². The van der Waals surface area contributed by atoms with E-state index in [2.05, 4.69) is 4.74 Å². The van der Waals surface area contributed by atoms with Crippen molar-refractivity contribution in [3.8, 4) is 17.2 Å². The molecule has 0 unspecified atom stereocenters. The maximum atomic E-state index is 13.6. The van der Waals surface area contributed by atoms with Crippen LogP contribution in [-0.2, 0) is 4.79 Å². The minimum absolute atomic E-state index is 0.176. The Hall–Kier alpha value is -3.78. The van der Waals surface area contributed by atoms with Crippen molar-refractivity contribution in [2.75, 3.05) is 0 Å². The Morgan fingerprint density at radius 1 is 0.892 bits per heavy atom. The van der Waals surface area contributed by atoms with Gasteiger partial charge in [-0.05, 0) is 76.2 Å². The molecule has 3 aromatic carbocycles. The molecule has 0 aliphatic carbocycles. The fourth-order valence-corrected chi connectivity index (χ4v) is 4.14. The number of hydrogen-bond acceptors (Lipinski definition) is 4. The number of halogens is 4. The SMILES string of the molecule is CC(=O)C(C)(C)Oc1cccc(-n2c(C)c(C(=O)c3ccc(Cl)cc3)c3ccc(OC(F)(F)F)cc32)c1. The summed E-state index contributed by atoms with van der Waals surface area (Å²) in [4.78, 5) is 25.5. The van der Waals surface area contributed by atoms with Gasteiger partial charge in [0.05, 0.1) is 11.1 Å². The summed E-state index contributed by atoms with van der Waals surface area (Å²) in [6, 6.07) is 17.0. The van der Waals surface area contributed by atoms with Gasteiger partial charge in [0.1, 0.15) is 11.5 Å². The molecule has 4 aromatic rings. The fourth-order valence-electron chi connectivity index (χ4n) is 4.01. The molecule has 5 nitrogen and oxygen atoms in total. The third-order valence-electron chi connectivity index (χ3n) is 6.04. The van der Waals surface area contributed by atoms with Crippen molar-refractivity contribution in [1.82, 2.24) is 4.57 Å². The van der Waals surface area contributed by atoms with Crippen LogP contribution in [0.1, 0.15) is 42.4 Å². The highest BCUT2D eigenvalue weighted by Gasteiger charge is 2.32. The number of fused-ring (bicyclic) bond motifs is 1. The normalized spacial score (nSPS) is 12.0. The molecular weight excluding hydrogens is 507 g/mol. The summed E-state index contributed by atoms with van der Waals surface area (Å²) in [5.41, 5.74) is 0.976. The van der Waals surface area contributed by atoms with Crippen LogP contribution in [0.2, 0.25) is 5.02 Å². The second-order valence-corrected chi connectivity index (χ2v) is 9.46. The number of nitrogens with zero attached hydrogens (tertiary/aromatic N) is 1. The van der Waals surface area contributed by atoms with Gasteiger partial charge < -0.3 is 14.0 Å². The van der Waals surface area contributed by atoms with Crippen LogP contribution in [-0.4, -0.2) is 28.1 Å². The fraction of sp³-hybridized carbons (Fsp3) is 0.214. The first-order valence-electron chi connectivity index (χ1n) is 11.3. The second-order valence-electron chi connectivity index (χ2n) is 9.02. The van der Waals surface area contributed by atoms with Crippen molar-refractivity contribution in [1.29, 1.82) is 0 Å². The van der Waals surface area contributed by atoms with Gasteiger partial charge in [0.25, 0.3) is 0 Å². The molecule has 0 aliphatic rings. The molecule has 1 heterocycles. The summed E-state index contributed by atoms with van der Waals surface area (Å²) < 4.78 is 50.6. The predicted molar refractivity (Wildman–Crippen MR) is 135 cm³/mol. The minimum atomic E-state index is -4.88. The second kappa shape index (κ2) is 9.59. The molecule has 1 aromatic heterocycles. The smallest absolute Gasteiger partial charge is 0.480 e. The number of alkyl halides is 3. The molecule has 192 valence electrons. The first-order valence-corrected chi connectivity index (χ1v) is 11.7. The zero-order chi connectivity index (χ0) is 27.1. The Kier molecular flexibility index (Phi) is 6.81. The topological polar surface area (TPSA) is 57.5 Å². The van der Waals surface area contributed by atoms with Crippen LogP contribution in [0, 0.1) is 6.92 Å². The number of carbonyl (C=O) groups is 2. The number of Topliss-reactive ketones (excluding diaryl/α,β-unsaturated/α-hetero) is 1. The molecule has 0 spiro atoms. The largest absolute Gasteiger partial charge is 0.573 e. The lowest BCUT2D eigenvalue weighted by molar-refractivity contribution is -0.274. The number of ketones is 2. The van der Waals surface area contributed by atoms with Gasteiger partial charge in [0, 0.05) is 39.5 Å². The van der Waals surface area contributed by atoms with Gasteiger partial charge in [0.2, 0.25) is 0 Å². The van der Waals surface area contributed by atoms with Gasteiger partial charge in [-0.2, -0.15) is 0 Å². The molecule has 0 N–H and O–H groups in total. The van der Waals surface area contributed by atoms with E-state index in [0.29, 0.717) is 44.2 Å². The van der Waals surface area contributed by atoms with E-state index in [9.17, 15) is 22.8 Å². The summed E-state index contributed by atoms with van der Waals surface area (Å²) in [5.74, 6) is -0.528. The van der Waals surface area contributed by atoms with Crippen molar-refractivity contribution >= 4 is 34.1 Å². The van der Waals surface area contributed by atoms with Gasteiger partial charge in [-0.15, -0.1) is 13.2 Å². The molecule has 9 heteroatoms. The average molecular weight is 530 g/mol. The summed E-state index contributed by atoms with van der Waals surface area (Å²) in [6.45, 7) is 6.41. The summed E-state index contributed by atoms with van der Waals surface area (Å²) >= 11 is 5.97. The van der Waals surface area contributed by atoms with E-state index in [-0.39, 0.29) is 11.6 Å². The molecule has 0 fully saturated rings. The molecule has 0 bridgehead atoms. The first-order chi connectivity index (χ1) is 17.3. The lowest BCUT2D eigenvalue weighted by atomic mass is 10.0. The lowest BCUT2D eigenvalue weighted by Crippen LogP contribution is -2.36.